The molecule has 2 aliphatic carbocycles. The topological polar surface area (TPSA) is 86.9 Å². The summed E-state index contributed by atoms with van der Waals surface area (Å²) >= 11 is 1.78. The molecule has 11 heteroatoms. The molecule has 0 aromatic carbocycles. The highest BCUT2D eigenvalue weighted by atomic mass is 32.1. The van der Waals surface area contributed by atoms with Crippen molar-refractivity contribution in [2.75, 3.05) is 77.8 Å². The van der Waals surface area contributed by atoms with E-state index in [0.29, 0.717) is 17.9 Å². The third-order valence-electron chi connectivity index (χ3n) is 16.8. The summed E-state index contributed by atoms with van der Waals surface area (Å²) in [5.41, 5.74) is 14.3. The Labute approximate surface area is 456 Å². The fourth-order valence-electron chi connectivity index (χ4n) is 12.5. The maximum Gasteiger partial charge on any atom is 0.0957 e. The molecule has 0 bridgehead atoms. The van der Waals surface area contributed by atoms with Crippen LogP contribution in [0.15, 0.2) is 78.7 Å². The van der Waals surface area contributed by atoms with Crippen molar-refractivity contribution < 1.29 is 0 Å². The molecule has 412 valence electrons. The number of anilines is 1. The van der Waals surface area contributed by atoms with Crippen LogP contribution >= 0.6 is 11.3 Å². The van der Waals surface area contributed by atoms with Crippen LogP contribution in [-0.4, -0.2) is 120 Å². The molecule has 4 heterocycles. The van der Waals surface area contributed by atoms with Crippen molar-refractivity contribution in [1.82, 2.24) is 45.7 Å². The summed E-state index contributed by atoms with van der Waals surface area (Å²) in [5, 5.41) is 17.2. The molecule has 1 saturated carbocycles. The van der Waals surface area contributed by atoms with Gasteiger partial charge in [-0.05, 0) is 152 Å². The van der Waals surface area contributed by atoms with E-state index in [4.69, 9.17) is 23.1 Å². The summed E-state index contributed by atoms with van der Waals surface area (Å²) in [6.45, 7) is 45.1. The SMILES string of the molecule is C=CCCC(C)(C)C/C(C)=C(\c1cc(NCCNCCCCCC)cnc1C(C)C)N(CC)C1(C)C=CC(c2csc(CC(NC(=C)C(C3CCCC3)N3CCC(CN(C)CC)C3)C(=C)N3CCCCN3)n2)=CC1. The number of rotatable bonds is 32. The summed E-state index contributed by atoms with van der Waals surface area (Å²) in [6.07, 6.45) is 30.1. The third kappa shape index (κ3) is 16.6. The van der Waals surface area contributed by atoms with Crippen molar-refractivity contribution in [1.29, 1.82) is 0 Å². The predicted molar refractivity (Wildman–Crippen MR) is 320 cm³/mol. The van der Waals surface area contributed by atoms with Crippen LogP contribution < -0.4 is 21.4 Å². The van der Waals surface area contributed by atoms with Gasteiger partial charge in [-0.25, -0.2) is 10.4 Å². The Bertz CT molecular complexity index is 2170. The van der Waals surface area contributed by atoms with Crippen LogP contribution in [0.2, 0.25) is 0 Å². The van der Waals surface area contributed by atoms with E-state index in [0.717, 1.165) is 119 Å². The number of unbranched alkanes of at least 4 members (excludes halogenated alkanes) is 3. The summed E-state index contributed by atoms with van der Waals surface area (Å²) < 4.78 is 0. The van der Waals surface area contributed by atoms with Crippen molar-refractivity contribution in [2.24, 2.45) is 17.3 Å². The van der Waals surface area contributed by atoms with Crippen molar-refractivity contribution in [3.63, 3.8) is 0 Å². The van der Waals surface area contributed by atoms with Crippen LogP contribution in [0.3, 0.4) is 0 Å². The number of pyridine rings is 1. The van der Waals surface area contributed by atoms with Gasteiger partial charge in [0.25, 0.3) is 0 Å². The first-order valence-corrected chi connectivity index (χ1v) is 30.4. The van der Waals surface area contributed by atoms with Gasteiger partial charge in [0.15, 0.2) is 0 Å². The molecule has 2 saturated heterocycles. The molecule has 74 heavy (non-hydrogen) atoms. The predicted octanol–water partition coefficient (Wildman–Crippen LogP) is 13.4. The van der Waals surface area contributed by atoms with Gasteiger partial charge in [0.05, 0.1) is 45.9 Å². The van der Waals surface area contributed by atoms with Crippen LogP contribution in [-0.2, 0) is 6.42 Å². The van der Waals surface area contributed by atoms with Gasteiger partial charge in [-0.3, -0.25) is 9.88 Å². The molecule has 10 nitrogen and oxygen atoms in total. The zero-order valence-electron chi connectivity index (χ0n) is 48.5. The van der Waals surface area contributed by atoms with E-state index in [2.05, 4.69) is 159 Å². The number of likely N-dealkylation sites (tertiary alicyclic amines) is 1. The molecule has 4 aliphatic rings. The molecule has 2 aliphatic heterocycles. The smallest absolute Gasteiger partial charge is 0.0957 e. The standard InChI is InChI=1S/C63H104N10S/c1-14-18-20-23-34-64-36-37-65-54-40-55(59(47(5)6)66-43-54)60(48(7)42-62(10,11)31-19-15-2)72(17-4)63(12)32-28-52(29-33-63)57-46-74-58(69-57)41-56(50(9)73-38-25-24-35-67-73)68-49(8)61(53-26-21-22-27-53)71-39-30-51(45-71)44-70(13)16-3/h15,28-29,32,40,43,46-47,51,53,56,61,64-65,67-68H,2,8-9,14,16-27,30-31,33-39,41-42,44-45H2,1,3-7,10-13H3/b60-48+. The van der Waals surface area contributed by atoms with Crippen molar-refractivity contribution in [2.45, 2.75) is 189 Å². The van der Waals surface area contributed by atoms with E-state index in [1.807, 2.05) is 0 Å². The number of likely N-dealkylation sites (N-methyl/N-ethyl adjacent to an activating group) is 1. The van der Waals surface area contributed by atoms with Crippen molar-refractivity contribution >= 4 is 28.3 Å². The van der Waals surface area contributed by atoms with Crippen molar-refractivity contribution in [3.05, 3.63) is 101 Å². The molecule has 2 aromatic heterocycles. The average Bonchev–Trinajstić information content (AvgIpc) is 4.20. The summed E-state index contributed by atoms with van der Waals surface area (Å²) in [7, 11) is 2.27. The quantitative estimate of drug-likeness (QED) is 0.0420. The zero-order chi connectivity index (χ0) is 53.3. The van der Waals surface area contributed by atoms with Gasteiger partial charge in [0.2, 0.25) is 0 Å². The lowest BCUT2D eigenvalue weighted by molar-refractivity contribution is 0.172. The molecule has 3 fully saturated rings. The van der Waals surface area contributed by atoms with Gasteiger partial charge in [-0.15, -0.1) is 17.9 Å². The largest absolute Gasteiger partial charge is 0.383 e. The number of hydrogen-bond acceptors (Lipinski definition) is 11. The summed E-state index contributed by atoms with van der Waals surface area (Å²) in [4.78, 5) is 18.6. The van der Waals surface area contributed by atoms with Crippen LogP contribution in [0.25, 0.3) is 11.3 Å². The van der Waals surface area contributed by atoms with E-state index in [-0.39, 0.29) is 22.9 Å². The second kappa shape index (κ2) is 29.1. The molecular weight excluding hydrogens is 929 g/mol. The zero-order valence-corrected chi connectivity index (χ0v) is 49.3. The van der Waals surface area contributed by atoms with Gasteiger partial charge in [0.1, 0.15) is 0 Å². The number of hydrogen-bond donors (Lipinski definition) is 4. The lowest BCUT2D eigenvalue weighted by atomic mass is 9.79. The molecule has 6 rings (SSSR count). The number of hydrazine groups is 1. The number of allylic oxidation sites excluding steroid dienone is 4. The van der Waals surface area contributed by atoms with E-state index >= 15 is 0 Å². The van der Waals surface area contributed by atoms with Gasteiger partial charge in [0, 0.05) is 80.3 Å². The van der Waals surface area contributed by atoms with Crippen molar-refractivity contribution in [3.8, 4) is 0 Å². The van der Waals surface area contributed by atoms with Crippen LogP contribution in [0.5, 0.6) is 0 Å². The highest BCUT2D eigenvalue weighted by molar-refractivity contribution is 7.09. The lowest BCUT2D eigenvalue weighted by Crippen LogP contribution is -2.51. The molecule has 4 atom stereocenters. The van der Waals surface area contributed by atoms with E-state index in [1.54, 1.807) is 11.3 Å². The fraction of sp³-hybridized carbons (Fsp3) is 0.683. The first-order valence-electron chi connectivity index (χ1n) is 29.5. The van der Waals surface area contributed by atoms with Gasteiger partial charge in [-0.2, -0.15) is 0 Å². The summed E-state index contributed by atoms with van der Waals surface area (Å²) in [6, 6.07) is 2.73. The molecule has 0 spiro atoms. The molecular formula is C63H104N10S. The van der Waals surface area contributed by atoms with Gasteiger partial charge >= 0.3 is 0 Å². The first-order chi connectivity index (χ1) is 35.6. The minimum Gasteiger partial charge on any atom is -0.383 e. The molecule has 2 aromatic rings. The first kappa shape index (κ1) is 59.5. The van der Waals surface area contributed by atoms with Crippen LogP contribution in [0.1, 0.15) is 187 Å². The van der Waals surface area contributed by atoms with Crippen LogP contribution in [0.4, 0.5) is 5.69 Å². The Balaban J connectivity index is 1.23. The Morgan fingerprint density at radius 3 is 2.50 bits per heavy atom. The second-order valence-corrected chi connectivity index (χ2v) is 24.9. The minimum atomic E-state index is -0.260. The summed E-state index contributed by atoms with van der Waals surface area (Å²) in [5.74, 6) is 1.63. The normalized spacial score (nSPS) is 21.0. The lowest BCUT2D eigenvalue weighted by Gasteiger charge is -2.45. The maximum absolute atomic E-state index is 5.42. The minimum absolute atomic E-state index is 0.0102. The number of aromatic nitrogens is 2. The number of thiazole rings is 1. The van der Waals surface area contributed by atoms with Gasteiger partial charge < -0.3 is 30.8 Å². The Morgan fingerprint density at radius 2 is 1.82 bits per heavy atom. The van der Waals surface area contributed by atoms with E-state index < -0.39 is 0 Å². The number of nitrogens with zero attached hydrogens (tertiary/aromatic N) is 6. The molecule has 0 radical (unpaired) electrons. The average molecular weight is 1030 g/mol. The Morgan fingerprint density at radius 1 is 1.03 bits per heavy atom. The maximum atomic E-state index is 5.42. The van der Waals surface area contributed by atoms with Gasteiger partial charge in [-0.1, -0.05) is 111 Å². The van der Waals surface area contributed by atoms with E-state index in [9.17, 15) is 0 Å². The van der Waals surface area contributed by atoms with Crippen LogP contribution in [0, 0.1) is 17.3 Å². The molecule has 4 N–H and O–H groups in total. The third-order valence-corrected chi connectivity index (χ3v) is 17.6. The van der Waals surface area contributed by atoms with E-state index in [1.165, 1.54) is 105 Å². The molecule has 4 unspecified atom stereocenters. The monoisotopic (exact) mass is 1030 g/mol. The Hall–Kier alpha value is -3.74. The highest BCUT2D eigenvalue weighted by Gasteiger charge is 2.38. The Kier molecular flexibility index (Phi) is 23.4. The highest BCUT2D eigenvalue weighted by Crippen LogP contribution is 2.43. The fourth-order valence-corrected chi connectivity index (χ4v) is 13.3. The number of nitrogens with one attached hydrogen (secondary N) is 4. The molecule has 0 amide bonds. The second-order valence-electron chi connectivity index (χ2n) is 23.9.